The van der Waals surface area contributed by atoms with Crippen molar-refractivity contribution < 1.29 is 23.1 Å². The van der Waals surface area contributed by atoms with Crippen LogP contribution in [0.25, 0.3) is 0 Å². The Hall–Kier alpha value is -2.23. The fraction of sp³-hybridized carbons (Fsp3) is 0.250. The zero-order chi connectivity index (χ0) is 18.6. The molecule has 0 aliphatic carbocycles. The highest BCUT2D eigenvalue weighted by Crippen LogP contribution is 2.24. The summed E-state index contributed by atoms with van der Waals surface area (Å²) in [7, 11) is -0.991. The van der Waals surface area contributed by atoms with E-state index in [1.54, 1.807) is 30.3 Å². The summed E-state index contributed by atoms with van der Waals surface area (Å²) in [5.41, 5.74) is 0.558. The van der Waals surface area contributed by atoms with Crippen molar-refractivity contribution in [1.82, 2.24) is 9.62 Å². The van der Waals surface area contributed by atoms with Crippen LogP contribution in [0.5, 0.6) is 0 Å². The smallest absolute Gasteiger partial charge is 0.312 e. The summed E-state index contributed by atoms with van der Waals surface area (Å²) < 4.78 is 25.5. The average Bonchev–Trinajstić information content (AvgIpc) is 3.06. The van der Waals surface area contributed by atoms with Crippen molar-refractivity contribution in [3.63, 3.8) is 0 Å². The number of amides is 1. The van der Waals surface area contributed by atoms with Gasteiger partial charge >= 0.3 is 5.97 Å². The van der Waals surface area contributed by atoms with Crippen molar-refractivity contribution in [3.05, 3.63) is 52.2 Å². The maximum Gasteiger partial charge on any atom is 0.312 e. The van der Waals surface area contributed by atoms with Crippen LogP contribution in [0.15, 0.2) is 46.7 Å². The Balaban J connectivity index is 2.18. The molecular formula is C16H18N2O5S2. The number of hydrogen-bond acceptors (Lipinski definition) is 5. The molecule has 9 heteroatoms. The van der Waals surface area contributed by atoms with Crippen molar-refractivity contribution in [1.29, 1.82) is 0 Å². The molecule has 25 heavy (non-hydrogen) atoms. The molecule has 2 rings (SSSR count). The first-order valence-electron chi connectivity index (χ1n) is 7.31. The predicted octanol–water partition coefficient (Wildman–Crippen LogP) is 1.60. The molecule has 0 radical (unpaired) electrons. The molecule has 1 heterocycles. The number of carboxylic acids is 1. The first-order chi connectivity index (χ1) is 11.7. The number of hydrogen-bond donors (Lipinski definition) is 2. The van der Waals surface area contributed by atoms with E-state index >= 15 is 0 Å². The van der Waals surface area contributed by atoms with E-state index in [0.717, 1.165) is 15.6 Å². The number of aliphatic carboxylic acids is 1. The molecule has 1 aromatic carbocycles. The number of sulfonamides is 1. The largest absolute Gasteiger partial charge is 0.481 e. The number of nitrogens with zero attached hydrogens (tertiary/aromatic N) is 1. The minimum Gasteiger partial charge on any atom is -0.481 e. The van der Waals surface area contributed by atoms with Gasteiger partial charge in [-0.2, -0.15) is 0 Å². The Bertz CT molecular complexity index is 860. The van der Waals surface area contributed by atoms with Gasteiger partial charge in [0.15, 0.2) is 0 Å². The van der Waals surface area contributed by atoms with Crippen LogP contribution in [-0.2, 0) is 14.8 Å². The molecule has 1 unspecified atom stereocenters. The van der Waals surface area contributed by atoms with Gasteiger partial charge in [0.05, 0.1) is 5.92 Å². The van der Waals surface area contributed by atoms with E-state index < -0.39 is 27.8 Å². The Morgan fingerprint density at radius 3 is 2.40 bits per heavy atom. The highest BCUT2D eigenvalue weighted by molar-refractivity contribution is 7.89. The molecule has 0 aliphatic rings. The number of carbonyl (C=O) groups is 2. The predicted molar refractivity (Wildman–Crippen MR) is 94.3 cm³/mol. The van der Waals surface area contributed by atoms with Gasteiger partial charge < -0.3 is 10.4 Å². The highest BCUT2D eigenvalue weighted by Gasteiger charge is 2.27. The first kappa shape index (κ1) is 19.1. The number of nitrogens with one attached hydrogen (secondary N) is 1. The van der Waals surface area contributed by atoms with E-state index in [1.165, 1.54) is 25.5 Å². The van der Waals surface area contributed by atoms with Crippen LogP contribution in [0.2, 0.25) is 0 Å². The molecule has 0 spiro atoms. The number of carboxylic acid groups (broad SMARTS) is 1. The van der Waals surface area contributed by atoms with Crippen LogP contribution in [-0.4, -0.2) is 50.3 Å². The summed E-state index contributed by atoms with van der Waals surface area (Å²) >= 11 is 0.993. The monoisotopic (exact) mass is 382 g/mol. The van der Waals surface area contributed by atoms with E-state index in [-0.39, 0.29) is 16.3 Å². The molecule has 1 amide bonds. The van der Waals surface area contributed by atoms with Gasteiger partial charge in [-0.15, -0.1) is 11.3 Å². The van der Waals surface area contributed by atoms with E-state index in [0.29, 0.717) is 5.56 Å². The summed E-state index contributed by atoms with van der Waals surface area (Å²) in [5.74, 6) is -2.60. The van der Waals surface area contributed by atoms with Crippen molar-refractivity contribution >= 4 is 33.2 Å². The van der Waals surface area contributed by atoms with E-state index in [1.807, 2.05) is 0 Å². The lowest BCUT2D eigenvalue weighted by atomic mass is 9.99. The van der Waals surface area contributed by atoms with Crippen LogP contribution in [0.4, 0.5) is 0 Å². The van der Waals surface area contributed by atoms with Crippen molar-refractivity contribution in [2.24, 2.45) is 0 Å². The third kappa shape index (κ3) is 4.25. The third-order valence-electron chi connectivity index (χ3n) is 3.56. The summed E-state index contributed by atoms with van der Waals surface area (Å²) in [6.07, 6.45) is 0. The van der Waals surface area contributed by atoms with Crippen LogP contribution in [0.1, 0.15) is 21.2 Å². The standard InChI is InChI=1S/C16H18N2O5S2/c1-18(2)25(22,23)13-8-9-24-14(13)15(19)17-10-12(16(20)21)11-6-4-3-5-7-11/h3-9,12H,10H2,1-2H3,(H,17,19)(H,20,21). The average molecular weight is 382 g/mol. The van der Waals surface area contributed by atoms with Crippen molar-refractivity contribution in [3.8, 4) is 0 Å². The molecule has 0 saturated carbocycles. The zero-order valence-corrected chi connectivity index (χ0v) is 15.3. The maximum absolute atomic E-state index is 12.4. The molecular weight excluding hydrogens is 364 g/mol. The molecule has 0 bridgehead atoms. The van der Waals surface area contributed by atoms with Gasteiger partial charge in [0.1, 0.15) is 9.77 Å². The number of benzene rings is 1. The fourth-order valence-corrected chi connectivity index (χ4v) is 4.38. The third-order valence-corrected chi connectivity index (χ3v) is 6.46. The number of rotatable bonds is 7. The lowest BCUT2D eigenvalue weighted by Gasteiger charge is -2.15. The summed E-state index contributed by atoms with van der Waals surface area (Å²) in [5, 5.41) is 13.4. The Morgan fingerprint density at radius 1 is 1.20 bits per heavy atom. The van der Waals surface area contributed by atoms with Crippen LogP contribution >= 0.6 is 11.3 Å². The molecule has 2 aromatic rings. The lowest BCUT2D eigenvalue weighted by molar-refractivity contribution is -0.138. The Morgan fingerprint density at radius 2 is 1.84 bits per heavy atom. The molecule has 2 N–H and O–H groups in total. The van der Waals surface area contributed by atoms with Crippen LogP contribution in [0, 0.1) is 0 Å². The quantitative estimate of drug-likeness (QED) is 0.757. The number of thiophene rings is 1. The Labute approximate surface area is 150 Å². The normalized spacial score (nSPS) is 12.8. The van der Waals surface area contributed by atoms with Crippen molar-refractivity contribution in [2.45, 2.75) is 10.8 Å². The summed E-state index contributed by atoms with van der Waals surface area (Å²) in [4.78, 5) is 23.8. The summed E-state index contributed by atoms with van der Waals surface area (Å²) in [6.45, 7) is -0.141. The van der Waals surface area contributed by atoms with Crippen LogP contribution in [0.3, 0.4) is 0 Å². The lowest BCUT2D eigenvalue weighted by Crippen LogP contribution is -2.32. The molecule has 0 saturated heterocycles. The molecule has 1 aromatic heterocycles. The summed E-state index contributed by atoms with van der Waals surface area (Å²) in [6, 6.07) is 9.89. The van der Waals surface area contributed by atoms with Gasteiger partial charge in [-0.1, -0.05) is 30.3 Å². The first-order valence-corrected chi connectivity index (χ1v) is 9.63. The second kappa shape index (κ2) is 7.77. The van der Waals surface area contributed by atoms with E-state index in [9.17, 15) is 23.1 Å². The minimum absolute atomic E-state index is 0.0332. The molecule has 134 valence electrons. The Kier molecular flexibility index (Phi) is 5.93. The van der Waals surface area contributed by atoms with Crippen LogP contribution < -0.4 is 5.32 Å². The second-order valence-electron chi connectivity index (χ2n) is 5.41. The van der Waals surface area contributed by atoms with Gasteiger partial charge in [0, 0.05) is 20.6 Å². The van der Waals surface area contributed by atoms with Gasteiger partial charge in [0.25, 0.3) is 5.91 Å². The van der Waals surface area contributed by atoms with Crippen molar-refractivity contribution in [2.75, 3.05) is 20.6 Å². The highest BCUT2D eigenvalue weighted by atomic mass is 32.2. The number of carbonyl (C=O) groups excluding carboxylic acids is 1. The van der Waals surface area contributed by atoms with E-state index in [4.69, 9.17) is 0 Å². The fourth-order valence-electron chi connectivity index (χ4n) is 2.17. The topological polar surface area (TPSA) is 104 Å². The SMILES string of the molecule is CN(C)S(=O)(=O)c1ccsc1C(=O)NCC(C(=O)O)c1ccccc1. The van der Waals surface area contributed by atoms with Gasteiger partial charge in [-0.3, -0.25) is 9.59 Å². The maximum atomic E-state index is 12.4. The zero-order valence-electron chi connectivity index (χ0n) is 13.7. The minimum atomic E-state index is -3.75. The van der Waals surface area contributed by atoms with Gasteiger partial charge in [-0.05, 0) is 17.0 Å². The van der Waals surface area contributed by atoms with E-state index in [2.05, 4.69) is 5.32 Å². The molecule has 0 fully saturated rings. The molecule has 7 nitrogen and oxygen atoms in total. The van der Waals surface area contributed by atoms with Gasteiger partial charge in [-0.25, -0.2) is 12.7 Å². The molecule has 0 aliphatic heterocycles. The molecule has 1 atom stereocenters. The second-order valence-corrected chi connectivity index (χ2v) is 8.45. The van der Waals surface area contributed by atoms with Gasteiger partial charge in [0.2, 0.25) is 10.0 Å².